The van der Waals surface area contributed by atoms with Gasteiger partial charge in [0, 0.05) is 24.4 Å². The van der Waals surface area contributed by atoms with Crippen molar-refractivity contribution in [2.45, 2.75) is 23.5 Å². The number of fused-ring (bicyclic) bond motifs is 1. The van der Waals surface area contributed by atoms with E-state index in [1.165, 1.54) is 15.6 Å². The van der Waals surface area contributed by atoms with Crippen molar-refractivity contribution in [2.24, 2.45) is 0 Å². The second-order valence-corrected chi connectivity index (χ2v) is 8.26. The van der Waals surface area contributed by atoms with Gasteiger partial charge in [-0.05, 0) is 36.6 Å². The van der Waals surface area contributed by atoms with E-state index in [9.17, 15) is 8.42 Å². The second-order valence-electron chi connectivity index (χ2n) is 5.00. The van der Waals surface area contributed by atoms with E-state index in [2.05, 4.69) is 0 Å². The number of sulfonamides is 1. The van der Waals surface area contributed by atoms with Crippen LogP contribution in [-0.2, 0) is 22.9 Å². The Morgan fingerprint density at radius 2 is 2.00 bits per heavy atom. The minimum absolute atomic E-state index is 0.0343. The van der Waals surface area contributed by atoms with Gasteiger partial charge in [0.25, 0.3) is 10.0 Å². The van der Waals surface area contributed by atoms with Gasteiger partial charge < -0.3 is 5.11 Å². The molecule has 6 heteroatoms. The Hall–Kier alpha value is -1.37. The van der Waals surface area contributed by atoms with E-state index >= 15 is 0 Å². The van der Waals surface area contributed by atoms with Crippen LogP contribution in [0.2, 0.25) is 0 Å². The minimum Gasteiger partial charge on any atom is -0.396 e. The van der Waals surface area contributed by atoms with E-state index in [-0.39, 0.29) is 6.61 Å². The van der Waals surface area contributed by atoms with Crippen molar-refractivity contribution in [3.63, 3.8) is 0 Å². The maximum atomic E-state index is 12.8. The molecule has 1 N–H and O–H groups in total. The van der Waals surface area contributed by atoms with Crippen LogP contribution >= 0.6 is 11.3 Å². The largest absolute Gasteiger partial charge is 0.396 e. The highest BCUT2D eigenvalue weighted by molar-refractivity contribution is 7.94. The molecule has 0 atom stereocenters. The fourth-order valence-electron chi connectivity index (χ4n) is 2.60. The molecule has 2 aromatic rings. The monoisotopic (exact) mass is 323 g/mol. The molecule has 1 aliphatic heterocycles. The summed E-state index contributed by atoms with van der Waals surface area (Å²) in [7, 11) is -3.50. The Balaban J connectivity index is 1.99. The molecule has 1 aliphatic rings. The third-order valence-electron chi connectivity index (χ3n) is 3.61. The standard InChI is InChI=1S/C15H17NO3S2/c17-11-9-13-7-8-15(20-13)21(18,19)16-10-3-5-12-4-1-2-6-14(12)16/h1-2,4,6-8,17H,3,5,9-11H2. The highest BCUT2D eigenvalue weighted by atomic mass is 32.2. The first kappa shape index (κ1) is 14.6. The Labute approximate surface area is 128 Å². The molecule has 0 unspecified atom stereocenters. The lowest BCUT2D eigenvalue weighted by Gasteiger charge is -2.29. The molecule has 0 fully saturated rings. The van der Waals surface area contributed by atoms with Gasteiger partial charge >= 0.3 is 0 Å². The number of hydrogen-bond donors (Lipinski definition) is 1. The van der Waals surface area contributed by atoms with Crippen LogP contribution in [-0.4, -0.2) is 26.7 Å². The van der Waals surface area contributed by atoms with Crippen molar-refractivity contribution in [2.75, 3.05) is 17.5 Å². The molecule has 0 bridgehead atoms. The molecule has 0 saturated heterocycles. The molecule has 1 aromatic carbocycles. The lowest BCUT2D eigenvalue weighted by atomic mass is 10.0. The van der Waals surface area contributed by atoms with Gasteiger partial charge in [-0.3, -0.25) is 4.31 Å². The summed E-state index contributed by atoms with van der Waals surface area (Å²) >= 11 is 1.24. The Kier molecular flexibility index (Phi) is 4.01. The topological polar surface area (TPSA) is 57.6 Å². The van der Waals surface area contributed by atoms with Crippen LogP contribution in [0, 0.1) is 0 Å². The highest BCUT2D eigenvalue weighted by Crippen LogP contribution is 2.34. The maximum Gasteiger partial charge on any atom is 0.273 e. The second kappa shape index (κ2) is 5.79. The van der Waals surface area contributed by atoms with Crippen LogP contribution in [0.4, 0.5) is 5.69 Å². The van der Waals surface area contributed by atoms with Crippen molar-refractivity contribution in [1.82, 2.24) is 0 Å². The molecule has 0 saturated carbocycles. The molecule has 112 valence electrons. The predicted molar refractivity (Wildman–Crippen MR) is 84.4 cm³/mol. The average Bonchev–Trinajstić information content (AvgIpc) is 2.96. The van der Waals surface area contributed by atoms with Gasteiger partial charge in [-0.2, -0.15) is 0 Å². The summed E-state index contributed by atoms with van der Waals surface area (Å²) in [6.45, 7) is 0.555. The summed E-state index contributed by atoms with van der Waals surface area (Å²) in [5, 5.41) is 8.96. The van der Waals surface area contributed by atoms with E-state index in [1.54, 1.807) is 12.1 Å². The number of nitrogens with zero attached hydrogens (tertiary/aromatic N) is 1. The molecule has 0 aliphatic carbocycles. The summed E-state index contributed by atoms with van der Waals surface area (Å²) in [4.78, 5) is 0.890. The van der Waals surface area contributed by atoms with Gasteiger partial charge in [-0.15, -0.1) is 11.3 Å². The zero-order valence-corrected chi connectivity index (χ0v) is 13.2. The average molecular weight is 323 g/mol. The van der Waals surface area contributed by atoms with Gasteiger partial charge in [0.1, 0.15) is 4.21 Å². The molecule has 3 rings (SSSR count). The Morgan fingerprint density at radius 3 is 2.81 bits per heavy atom. The quantitative estimate of drug-likeness (QED) is 0.940. The fraction of sp³-hybridized carbons (Fsp3) is 0.333. The van der Waals surface area contributed by atoms with Gasteiger partial charge in [-0.1, -0.05) is 18.2 Å². The molecule has 4 nitrogen and oxygen atoms in total. The van der Waals surface area contributed by atoms with Crippen molar-refractivity contribution < 1.29 is 13.5 Å². The number of rotatable bonds is 4. The van der Waals surface area contributed by atoms with E-state index < -0.39 is 10.0 Å². The van der Waals surface area contributed by atoms with Gasteiger partial charge in [0.05, 0.1) is 5.69 Å². The van der Waals surface area contributed by atoms with Gasteiger partial charge in [-0.25, -0.2) is 8.42 Å². The molecule has 21 heavy (non-hydrogen) atoms. The normalized spacial score (nSPS) is 15.0. The Morgan fingerprint density at radius 1 is 1.19 bits per heavy atom. The predicted octanol–water partition coefficient (Wildman–Crippen LogP) is 2.42. The van der Waals surface area contributed by atoms with Crippen molar-refractivity contribution in [3.8, 4) is 0 Å². The molecule has 1 aromatic heterocycles. The van der Waals surface area contributed by atoms with Gasteiger partial charge in [0.2, 0.25) is 0 Å². The van der Waals surface area contributed by atoms with Crippen LogP contribution in [0.25, 0.3) is 0 Å². The fourth-order valence-corrected chi connectivity index (χ4v) is 5.60. The van der Waals surface area contributed by atoms with Crippen molar-refractivity contribution in [3.05, 3.63) is 46.8 Å². The number of para-hydroxylation sites is 1. The zero-order valence-electron chi connectivity index (χ0n) is 11.5. The maximum absolute atomic E-state index is 12.8. The van der Waals surface area contributed by atoms with E-state index in [0.29, 0.717) is 17.2 Å². The third-order valence-corrected chi connectivity index (χ3v) is 7.03. The van der Waals surface area contributed by atoms with Gasteiger partial charge in [0.15, 0.2) is 0 Å². The minimum atomic E-state index is -3.50. The van der Waals surface area contributed by atoms with Crippen LogP contribution in [0.1, 0.15) is 16.9 Å². The summed E-state index contributed by atoms with van der Waals surface area (Å²) in [5.74, 6) is 0. The van der Waals surface area contributed by atoms with E-state index in [4.69, 9.17) is 5.11 Å². The summed E-state index contributed by atoms with van der Waals surface area (Å²) < 4.78 is 27.5. The first-order valence-electron chi connectivity index (χ1n) is 6.93. The Bertz CT molecular complexity index is 737. The van der Waals surface area contributed by atoms with Crippen molar-refractivity contribution in [1.29, 1.82) is 0 Å². The molecular formula is C15H17NO3S2. The first-order chi connectivity index (χ1) is 10.1. The molecule has 2 heterocycles. The smallest absolute Gasteiger partial charge is 0.273 e. The lowest BCUT2D eigenvalue weighted by Crippen LogP contribution is -2.35. The van der Waals surface area contributed by atoms with E-state index in [1.807, 2.05) is 24.3 Å². The number of aliphatic hydroxyl groups is 1. The van der Waals surface area contributed by atoms with Crippen LogP contribution in [0.15, 0.2) is 40.6 Å². The summed E-state index contributed by atoms with van der Waals surface area (Å²) in [6, 6.07) is 11.1. The molecule has 0 spiro atoms. The third kappa shape index (κ3) is 2.71. The molecular weight excluding hydrogens is 306 g/mol. The van der Waals surface area contributed by atoms with Crippen LogP contribution in [0.3, 0.4) is 0 Å². The van der Waals surface area contributed by atoms with E-state index in [0.717, 1.165) is 29.0 Å². The summed E-state index contributed by atoms with van der Waals surface area (Å²) in [6.07, 6.45) is 2.25. The van der Waals surface area contributed by atoms with Crippen molar-refractivity contribution >= 4 is 27.0 Å². The van der Waals surface area contributed by atoms with Crippen LogP contribution < -0.4 is 4.31 Å². The van der Waals surface area contributed by atoms with Crippen LogP contribution in [0.5, 0.6) is 0 Å². The number of benzene rings is 1. The number of thiophene rings is 1. The molecule has 0 amide bonds. The number of hydrogen-bond acceptors (Lipinski definition) is 4. The highest BCUT2D eigenvalue weighted by Gasteiger charge is 2.29. The lowest BCUT2D eigenvalue weighted by molar-refractivity contribution is 0.300. The zero-order chi connectivity index (χ0) is 14.9. The first-order valence-corrected chi connectivity index (χ1v) is 9.19. The SMILES string of the molecule is O=S(=O)(c1ccc(CCO)s1)N1CCCc2ccccc21. The summed E-state index contributed by atoms with van der Waals surface area (Å²) in [5.41, 5.74) is 1.88. The number of anilines is 1. The number of aliphatic hydroxyl groups excluding tert-OH is 1. The molecule has 0 radical (unpaired) electrons. The number of aryl methyl sites for hydroxylation is 1.